The van der Waals surface area contributed by atoms with Crippen LogP contribution in [0.5, 0.6) is 5.75 Å². The number of anilines is 2. The van der Waals surface area contributed by atoms with Crippen LogP contribution < -0.4 is 14.8 Å². The quantitative estimate of drug-likeness (QED) is 0.468. The Bertz CT molecular complexity index is 1220. The minimum atomic E-state index is -4.06. The van der Waals surface area contributed by atoms with Gasteiger partial charge in [-0.3, -0.25) is 9.52 Å². The standard InChI is InChI=1S/C20H15Cl3N2O4S/c1-29-18-9-7-13(24-20(26)12-6-8-14(21)16(23)10-12)11-19(18)30(27,28)25-17-5-3-2-4-15(17)22/h2-11,25H,1H3,(H,24,26). The third-order valence-electron chi connectivity index (χ3n) is 4.01. The Morgan fingerprint density at radius 2 is 1.63 bits per heavy atom. The van der Waals surface area contributed by atoms with Crippen molar-refractivity contribution in [1.82, 2.24) is 0 Å². The van der Waals surface area contributed by atoms with Crippen LogP contribution in [0.2, 0.25) is 15.1 Å². The highest BCUT2D eigenvalue weighted by Gasteiger charge is 2.22. The summed E-state index contributed by atoms with van der Waals surface area (Å²) in [6.45, 7) is 0. The van der Waals surface area contributed by atoms with Gasteiger partial charge in [-0.15, -0.1) is 0 Å². The van der Waals surface area contributed by atoms with Crippen molar-refractivity contribution in [3.05, 3.63) is 81.3 Å². The summed E-state index contributed by atoms with van der Waals surface area (Å²) in [6.07, 6.45) is 0. The fourth-order valence-electron chi connectivity index (χ4n) is 2.55. The van der Waals surface area contributed by atoms with Crippen molar-refractivity contribution in [3.63, 3.8) is 0 Å². The van der Waals surface area contributed by atoms with E-state index in [9.17, 15) is 13.2 Å². The summed E-state index contributed by atoms with van der Waals surface area (Å²) in [6, 6.07) is 15.1. The number of amides is 1. The van der Waals surface area contributed by atoms with Crippen LogP contribution in [0.4, 0.5) is 11.4 Å². The van der Waals surface area contributed by atoms with Crippen LogP contribution in [-0.4, -0.2) is 21.4 Å². The predicted molar refractivity (Wildman–Crippen MR) is 120 cm³/mol. The average molecular weight is 486 g/mol. The van der Waals surface area contributed by atoms with Crippen molar-refractivity contribution < 1.29 is 17.9 Å². The molecule has 1 amide bonds. The van der Waals surface area contributed by atoms with E-state index < -0.39 is 15.9 Å². The van der Waals surface area contributed by atoms with E-state index in [4.69, 9.17) is 39.5 Å². The molecule has 0 heterocycles. The Balaban J connectivity index is 1.92. The van der Waals surface area contributed by atoms with Gasteiger partial charge in [-0.1, -0.05) is 46.9 Å². The summed E-state index contributed by atoms with van der Waals surface area (Å²) in [7, 11) is -2.72. The van der Waals surface area contributed by atoms with E-state index >= 15 is 0 Å². The van der Waals surface area contributed by atoms with Gasteiger partial charge in [0.15, 0.2) is 0 Å². The Morgan fingerprint density at radius 1 is 0.900 bits per heavy atom. The monoisotopic (exact) mass is 484 g/mol. The average Bonchev–Trinajstić information content (AvgIpc) is 2.71. The summed E-state index contributed by atoms with van der Waals surface area (Å²) in [4.78, 5) is 12.3. The summed E-state index contributed by atoms with van der Waals surface area (Å²) < 4.78 is 33.5. The number of methoxy groups -OCH3 is 1. The molecule has 0 aliphatic heterocycles. The lowest BCUT2D eigenvalue weighted by Gasteiger charge is -2.14. The molecule has 3 aromatic carbocycles. The van der Waals surface area contributed by atoms with E-state index in [0.29, 0.717) is 5.02 Å². The van der Waals surface area contributed by atoms with Crippen molar-refractivity contribution in [2.75, 3.05) is 17.1 Å². The van der Waals surface area contributed by atoms with Crippen molar-refractivity contribution in [1.29, 1.82) is 0 Å². The molecule has 0 aliphatic carbocycles. The minimum absolute atomic E-state index is 0.0992. The number of carbonyl (C=O) groups is 1. The van der Waals surface area contributed by atoms with Crippen molar-refractivity contribution in [2.24, 2.45) is 0 Å². The fourth-order valence-corrected chi connectivity index (χ4v) is 4.36. The van der Waals surface area contributed by atoms with Gasteiger partial charge in [0, 0.05) is 11.3 Å². The number of hydrogen-bond donors (Lipinski definition) is 2. The van der Waals surface area contributed by atoms with E-state index in [0.717, 1.165) is 0 Å². The summed E-state index contributed by atoms with van der Waals surface area (Å²) in [5, 5.41) is 3.41. The van der Waals surface area contributed by atoms with Crippen molar-refractivity contribution >= 4 is 62.1 Å². The number of hydrogen-bond acceptors (Lipinski definition) is 4. The van der Waals surface area contributed by atoms with Gasteiger partial charge >= 0.3 is 0 Å². The molecule has 0 atom stereocenters. The number of benzene rings is 3. The molecule has 6 nitrogen and oxygen atoms in total. The van der Waals surface area contributed by atoms with Gasteiger partial charge in [-0.25, -0.2) is 8.42 Å². The molecule has 0 aliphatic rings. The first-order valence-electron chi connectivity index (χ1n) is 8.43. The van der Waals surface area contributed by atoms with Crippen LogP contribution in [-0.2, 0) is 10.0 Å². The van der Waals surface area contributed by atoms with Crippen LogP contribution in [0.15, 0.2) is 65.6 Å². The van der Waals surface area contributed by atoms with E-state index in [1.165, 1.54) is 49.6 Å². The van der Waals surface area contributed by atoms with Crippen molar-refractivity contribution in [2.45, 2.75) is 4.90 Å². The van der Waals surface area contributed by atoms with Gasteiger partial charge in [-0.2, -0.15) is 0 Å². The molecule has 3 aromatic rings. The fraction of sp³-hybridized carbons (Fsp3) is 0.0500. The molecule has 0 spiro atoms. The molecular weight excluding hydrogens is 471 g/mol. The first kappa shape index (κ1) is 22.2. The highest BCUT2D eigenvalue weighted by molar-refractivity contribution is 7.92. The number of carbonyl (C=O) groups excluding carboxylic acids is 1. The van der Waals surface area contributed by atoms with Gasteiger partial charge in [-0.05, 0) is 48.5 Å². The van der Waals surface area contributed by atoms with Gasteiger partial charge < -0.3 is 10.1 Å². The second-order valence-corrected chi connectivity index (χ2v) is 8.91. The zero-order chi connectivity index (χ0) is 21.9. The second kappa shape index (κ2) is 9.14. The smallest absolute Gasteiger partial charge is 0.265 e. The normalized spacial score (nSPS) is 11.1. The number of ether oxygens (including phenoxy) is 1. The lowest BCUT2D eigenvalue weighted by atomic mass is 10.2. The molecule has 0 aromatic heterocycles. The number of halogens is 3. The summed E-state index contributed by atoms with van der Waals surface area (Å²) in [5.74, 6) is -0.386. The molecule has 30 heavy (non-hydrogen) atoms. The molecule has 3 rings (SSSR count). The van der Waals surface area contributed by atoms with Crippen LogP contribution in [0.25, 0.3) is 0 Å². The molecule has 0 saturated carbocycles. The maximum absolute atomic E-state index is 12.9. The molecular formula is C20H15Cl3N2O4S. The molecule has 0 unspecified atom stereocenters. The number of sulfonamides is 1. The Hall–Kier alpha value is -2.45. The van der Waals surface area contributed by atoms with E-state index in [1.807, 2.05) is 0 Å². The van der Waals surface area contributed by atoms with Gasteiger partial charge in [0.2, 0.25) is 0 Å². The SMILES string of the molecule is COc1ccc(NC(=O)c2ccc(Cl)c(Cl)c2)cc1S(=O)(=O)Nc1ccccc1Cl. The Kier molecular flexibility index (Phi) is 6.77. The number of nitrogens with one attached hydrogen (secondary N) is 2. The molecule has 156 valence electrons. The Morgan fingerprint density at radius 3 is 2.30 bits per heavy atom. The van der Waals surface area contributed by atoms with E-state index in [2.05, 4.69) is 10.0 Å². The predicted octanol–water partition coefficient (Wildman–Crippen LogP) is 5.71. The summed E-state index contributed by atoms with van der Waals surface area (Å²) in [5.41, 5.74) is 0.719. The van der Waals surface area contributed by atoms with Crippen molar-refractivity contribution in [3.8, 4) is 5.75 Å². The number of rotatable bonds is 6. The topological polar surface area (TPSA) is 84.5 Å². The highest BCUT2D eigenvalue weighted by Crippen LogP contribution is 2.31. The molecule has 10 heteroatoms. The van der Waals surface area contributed by atoms with E-state index in [1.54, 1.807) is 18.2 Å². The first-order valence-corrected chi connectivity index (χ1v) is 11.0. The largest absolute Gasteiger partial charge is 0.495 e. The van der Waals surface area contributed by atoms with Gasteiger partial charge in [0.1, 0.15) is 10.6 Å². The third kappa shape index (κ3) is 4.99. The van der Waals surface area contributed by atoms with Crippen LogP contribution in [0, 0.1) is 0 Å². The molecule has 0 saturated heterocycles. The maximum atomic E-state index is 12.9. The van der Waals surface area contributed by atoms with Gasteiger partial charge in [0.25, 0.3) is 15.9 Å². The van der Waals surface area contributed by atoms with E-state index in [-0.39, 0.29) is 37.6 Å². The van der Waals surface area contributed by atoms with Gasteiger partial charge in [0.05, 0.1) is 27.9 Å². The Labute approximate surface area is 188 Å². The molecule has 0 fully saturated rings. The highest BCUT2D eigenvalue weighted by atomic mass is 35.5. The molecule has 0 bridgehead atoms. The zero-order valence-corrected chi connectivity index (χ0v) is 18.5. The maximum Gasteiger partial charge on any atom is 0.265 e. The lowest BCUT2D eigenvalue weighted by Crippen LogP contribution is -2.16. The number of para-hydroxylation sites is 1. The van der Waals surface area contributed by atoms with Crippen LogP contribution >= 0.6 is 34.8 Å². The summed E-state index contributed by atoms with van der Waals surface area (Å²) >= 11 is 17.9. The lowest BCUT2D eigenvalue weighted by molar-refractivity contribution is 0.102. The third-order valence-corrected chi connectivity index (χ3v) is 6.47. The molecule has 0 radical (unpaired) electrons. The zero-order valence-electron chi connectivity index (χ0n) is 15.4. The van der Waals surface area contributed by atoms with Crippen LogP contribution in [0.3, 0.4) is 0 Å². The minimum Gasteiger partial charge on any atom is -0.495 e. The molecule has 2 N–H and O–H groups in total. The first-order chi connectivity index (χ1) is 14.2. The van der Waals surface area contributed by atoms with Crippen LogP contribution in [0.1, 0.15) is 10.4 Å². The second-order valence-electron chi connectivity index (χ2n) is 6.03.